The molecule has 2 atom stereocenters. The summed E-state index contributed by atoms with van der Waals surface area (Å²) in [5.41, 5.74) is -1.71. The SMILES string of the molecule is CCN1C(CO)=NN(c2cc(O[C@@H](C)C(F)(F)F)c(/C(F)=C/c3c(F)cccc3Cl)cc2F)C1O. The summed E-state index contributed by atoms with van der Waals surface area (Å²) >= 11 is 5.88. The summed E-state index contributed by atoms with van der Waals surface area (Å²) in [5.74, 6) is -4.22. The molecule has 6 nitrogen and oxygen atoms in total. The molecule has 1 aliphatic rings. The van der Waals surface area contributed by atoms with E-state index < -0.39 is 65.3 Å². The highest BCUT2D eigenvalue weighted by molar-refractivity contribution is 6.32. The largest absolute Gasteiger partial charge is 0.480 e. The highest BCUT2D eigenvalue weighted by Gasteiger charge is 2.39. The highest BCUT2D eigenvalue weighted by atomic mass is 35.5. The first-order valence-corrected chi connectivity index (χ1v) is 10.6. The molecular formula is C22H20ClF6N3O3. The van der Waals surface area contributed by atoms with Crippen LogP contribution in [0.4, 0.5) is 32.0 Å². The molecule has 190 valence electrons. The maximum atomic E-state index is 15.2. The molecule has 3 rings (SSSR count). The van der Waals surface area contributed by atoms with Gasteiger partial charge in [-0.05, 0) is 38.1 Å². The van der Waals surface area contributed by atoms with Gasteiger partial charge in [0.2, 0.25) is 6.35 Å². The maximum Gasteiger partial charge on any atom is 0.425 e. The topological polar surface area (TPSA) is 68.5 Å². The van der Waals surface area contributed by atoms with Crippen molar-refractivity contribution in [3.05, 3.63) is 58.1 Å². The van der Waals surface area contributed by atoms with Gasteiger partial charge in [-0.2, -0.15) is 18.3 Å². The molecule has 1 aliphatic heterocycles. The van der Waals surface area contributed by atoms with Crippen molar-refractivity contribution < 1.29 is 41.3 Å². The number of aliphatic hydroxyl groups excluding tert-OH is 2. The number of ether oxygens (including phenoxy) is 1. The molecule has 1 heterocycles. The van der Waals surface area contributed by atoms with Gasteiger partial charge in [-0.15, -0.1) is 0 Å². The van der Waals surface area contributed by atoms with Crippen molar-refractivity contribution in [2.24, 2.45) is 5.10 Å². The lowest BCUT2D eigenvalue weighted by atomic mass is 10.1. The predicted octanol–water partition coefficient (Wildman–Crippen LogP) is 5.14. The van der Waals surface area contributed by atoms with E-state index in [1.165, 1.54) is 17.0 Å². The molecule has 1 unspecified atom stereocenters. The van der Waals surface area contributed by atoms with Gasteiger partial charge < -0.3 is 19.8 Å². The van der Waals surface area contributed by atoms with Gasteiger partial charge in [0.05, 0.1) is 10.6 Å². The minimum atomic E-state index is -4.85. The lowest BCUT2D eigenvalue weighted by Crippen LogP contribution is -2.43. The van der Waals surface area contributed by atoms with E-state index >= 15 is 8.78 Å². The van der Waals surface area contributed by atoms with Gasteiger partial charge in [0.25, 0.3) is 0 Å². The first-order valence-electron chi connectivity index (χ1n) is 10.2. The van der Waals surface area contributed by atoms with Crippen LogP contribution < -0.4 is 9.75 Å². The van der Waals surface area contributed by atoms with Crippen molar-refractivity contribution in [2.75, 3.05) is 18.2 Å². The molecule has 0 saturated carbocycles. The third-order valence-corrected chi connectivity index (χ3v) is 5.45. The standard InChI is InChI=1S/C22H20ClF6N3O3/c1-3-31-20(10-33)30-32(21(31)34)18-9-19(35-11(2)22(27,28)29)13(8-17(18)26)16(25)7-12-14(23)5-4-6-15(12)24/h4-9,11,21,33-34H,3,10H2,1-2H3/b16-7-/t11-,21?/m0/s1. The average Bonchev–Trinajstić information content (AvgIpc) is 3.11. The Bertz CT molecular complexity index is 1140. The smallest absolute Gasteiger partial charge is 0.425 e. The number of hydrogen-bond acceptors (Lipinski definition) is 6. The van der Waals surface area contributed by atoms with Crippen LogP contribution in [0.15, 0.2) is 35.4 Å². The number of hydrogen-bond donors (Lipinski definition) is 2. The summed E-state index contributed by atoms with van der Waals surface area (Å²) in [5, 5.41) is 24.3. The van der Waals surface area contributed by atoms with E-state index in [1.807, 2.05) is 0 Å². The van der Waals surface area contributed by atoms with Crippen molar-refractivity contribution in [3.8, 4) is 5.75 Å². The van der Waals surface area contributed by atoms with E-state index in [2.05, 4.69) is 5.10 Å². The highest BCUT2D eigenvalue weighted by Crippen LogP contribution is 2.39. The number of aliphatic hydroxyl groups is 2. The normalized spacial score (nSPS) is 17.6. The molecule has 0 radical (unpaired) electrons. The fraction of sp³-hybridized carbons (Fsp3) is 0.318. The Labute approximate surface area is 201 Å². The molecule has 0 aromatic heterocycles. The molecule has 0 amide bonds. The van der Waals surface area contributed by atoms with E-state index in [0.29, 0.717) is 24.1 Å². The molecule has 35 heavy (non-hydrogen) atoms. The number of rotatable bonds is 7. The van der Waals surface area contributed by atoms with Crippen LogP contribution in [-0.4, -0.2) is 52.7 Å². The molecule has 2 aromatic rings. The molecule has 0 saturated heterocycles. The van der Waals surface area contributed by atoms with Crippen molar-refractivity contribution in [1.82, 2.24) is 4.90 Å². The number of amidine groups is 1. The third kappa shape index (κ3) is 5.49. The molecule has 2 aromatic carbocycles. The number of likely N-dealkylation sites (N-methyl/N-ethyl adjacent to an activating group) is 1. The van der Waals surface area contributed by atoms with Crippen molar-refractivity contribution >= 4 is 35.0 Å². The van der Waals surface area contributed by atoms with Gasteiger partial charge in [-0.3, -0.25) is 0 Å². The van der Waals surface area contributed by atoms with Gasteiger partial charge >= 0.3 is 6.18 Å². The van der Waals surface area contributed by atoms with E-state index in [0.717, 1.165) is 12.1 Å². The maximum absolute atomic E-state index is 15.2. The molecule has 0 fully saturated rings. The number of halogens is 7. The second-order valence-electron chi connectivity index (χ2n) is 7.38. The Kier molecular flexibility index (Phi) is 7.87. The summed E-state index contributed by atoms with van der Waals surface area (Å²) in [4.78, 5) is 1.20. The number of hydrazone groups is 1. The molecule has 2 N–H and O–H groups in total. The van der Waals surface area contributed by atoms with Gasteiger partial charge in [0, 0.05) is 18.2 Å². The van der Waals surface area contributed by atoms with Crippen molar-refractivity contribution in [3.63, 3.8) is 0 Å². The second-order valence-corrected chi connectivity index (χ2v) is 7.79. The molecule has 0 spiro atoms. The Hall–Kier alpha value is -2.96. The summed E-state index contributed by atoms with van der Waals surface area (Å²) in [6, 6.07) is 4.78. The lowest BCUT2D eigenvalue weighted by Gasteiger charge is -2.27. The molecule has 0 aliphatic carbocycles. The van der Waals surface area contributed by atoms with Crippen LogP contribution in [0.5, 0.6) is 5.75 Å². The van der Waals surface area contributed by atoms with Crippen LogP contribution in [0.2, 0.25) is 5.02 Å². The molecule has 13 heteroatoms. The lowest BCUT2D eigenvalue weighted by molar-refractivity contribution is -0.189. The zero-order valence-electron chi connectivity index (χ0n) is 18.3. The van der Waals surface area contributed by atoms with Crippen LogP contribution in [0.3, 0.4) is 0 Å². The van der Waals surface area contributed by atoms with Gasteiger partial charge in [-0.1, -0.05) is 17.7 Å². The molecule has 0 bridgehead atoms. The van der Waals surface area contributed by atoms with Crippen molar-refractivity contribution in [1.29, 1.82) is 0 Å². The summed E-state index contributed by atoms with van der Waals surface area (Å²) in [7, 11) is 0. The van der Waals surface area contributed by atoms with E-state index in [4.69, 9.17) is 16.3 Å². The van der Waals surface area contributed by atoms with Crippen molar-refractivity contribution in [2.45, 2.75) is 32.5 Å². The summed E-state index contributed by atoms with van der Waals surface area (Å²) < 4.78 is 88.8. The number of alkyl halides is 3. The first-order chi connectivity index (χ1) is 16.4. The minimum Gasteiger partial charge on any atom is -0.480 e. The second kappa shape index (κ2) is 10.3. The Morgan fingerprint density at radius 3 is 2.49 bits per heavy atom. The summed E-state index contributed by atoms with van der Waals surface area (Å²) in [6.45, 7) is 1.82. The van der Waals surface area contributed by atoms with E-state index in [9.17, 15) is 27.8 Å². The van der Waals surface area contributed by atoms with Crippen LogP contribution in [0.1, 0.15) is 25.0 Å². The van der Waals surface area contributed by atoms with E-state index in [-0.39, 0.29) is 17.4 Å². The first kappa shape index (κ1) is 26.6. The van der Waals surface area contributed by atoms with Crippen LogP contribution in [0, 0.1) is 11.6 Å². The van der Waals surface area contributed by atoms with E-state index in [1.54, 1.807) is 6.92 Å². The molecular weight excluding hydrogens is 504 g/mol. The summed E-state index contributed by atoms with van der Waals surface area (Å²) in [6.07, 6.45) is -8.29. The Morgan fingerprint density at radius 1 is 1.26 bits per heavy atom. The zero-order valence-corrected chi connectivity index (χ0v) is 19.1. The van der Waals surface area contributed by atoms with Gasteiger partial charge in [0.15, 0.2) is 11.9 Å². The number of anilines is 1. The zero-order chi connectivity index (χ0) is 26.1. The monoisotopic (exact) mass is 523 g/mol. The Balaban J connectivity index is 2.15. The predicted molar refractivity (Wildman–Crippen MR) is 118 cm³/mol. The van der Waals surface area contributed by atoms with Gasteiger partial charge in [0.1, 0.15) is 35.5 Å². The minimum absolute atomic E-state index is 0.0325. The van der Waals surface area contributed by atoms with Gasteiger partial charge in [-0.25, -0.2) is 18.2 Å². The quantitative estimate of drug-likeness (QED) is 0.389. The third-order valence-electron chi connectivity index (χ3n) is 5.12. The fourth-order valence-electron chi connectivity index (χ4n) is 3.26. The number of benzene rings is 2. The van der Waals surface area contributed by atoms with Crippen LogP contribution >= 0.6 is 11.6 Å². The number of nitrogens with zero attached hydrogens (tertiary/aromatic N) is 3. The Morgan fingerprint density at radius 2 is 1.94 bits per heavy atom. The average molecular weight is 524 g/mol. The van der Waals surface area contributed by atoms with Crippen LogP contribution in [0.25, 0.3) is 11.9 Å². The van der Waals surface area contributed by atoms with Crippen LogP contribution in [-0.2, 0) is 0 Å². The fourth-order valence-corrected chi connectivity index (χ4v) is 3.48.